The zero-order chi connectivity index (χ0) is 21.9. The Labute approximate surface area is 179 Å². The molecule has 0 saturated carbocycles. The molecule has 1 aromatic carbocycles. The van der Waals surface area contributed by atoms with Crippen LogP contribution < -0.4 is 10.0 Å². The number of hydrogen-bond acceptors (Lipinski definition) is 4. The monoisotopic (exact) mass is 444 g/mol. The van der Waals surface area contributed by atoms with Gasteiger partial charge < -0.3 is 5.32 Å². The fourth-order valence-corrected chi connectivity index (χ4v) is 4.60. The molecule has 2 amide bonds. The Kier molecular flexibility index (Phi) is 11.3. The summed E-state index contributed by atoms with van der Waals surface area (Å²) in [5.74, 6) is -0.173. The second kappa shape index (κ2) is 12.9. The van der Waals surface area contributed by atoms with Gasteiger partial charge in [-0.15, -0.1) is 0 Å². The zero-order valence-corrected chi connectivity index (χ0v) is 19.2. The molecular weight excluding hydrogens is 412 g/mol. The van der Waals surface area contributed by atoms with Crippen LogP contribution >= 0.6 is 11.6 Å². The maximum absolute atomic E-state index is 12.7. The van der Waals surface area contributed by atoms with E-state index < -0.39 is 16.1 Å². The predicted molar refractivity (Wildman–Crippen MR) is 117 cm³/mol. The summed E-state index contributed by atoms with van der Waals surface area (Å²) in [4.78, 5) is 24.3. The Balaban J connectivity index is 2.82. The second-order valence-corrected chi connectivity index (χ2v) is 9.26. The number of hydrogen-bond donors (Lipinski definition) is 2. The van der Waals surface area contributed by atoms with Gasteiger partial charge in [-0.25, -0.2) is 17.9 Å². The van der Waals surface area contributed by atoms with E-state index in [0.29, 0.717) is 19.4 Å². The lowest BCUT2D eigenvalue weighted by Gasteiger charge is -2.14. The highest BCUT2D eigenvalue weighted by molar-refractivity contribution is 7.90. The molecule has 8 heteroatoms. The molecular formula is C21H33ClN2O4S. The quantitative estimate of drug-likeness (QED) is 0.316. The van der Waals surface area contributed by atoms with Crippen LogP contribution in [-0.4, -0.2) is 26.8 Å². The maximum atomic E-state index is 12.7. The summed E-state index contributed by atoms with van der Waals surface area (Å²) in [7, 11) is -4.10. The molecule has 0 aliphatic heterocycles. The smallest absolute Gasteiger partial charge is 0.328 e. The first-order chi connectivity index (χ1) is 13.7. The fraction of sp³-hybridized carbons (Fsp3) is 0.619. The first-order valence-corrected chi connectivity index (χ1v) is 12.2. The topological polar surface area (TPSA) is 92.3 Å². The molecule has 0 bridgehead atoms. The Morgan fingerprint density at radius 2 is 1.59 bits per heavy atom. The number of ketones is 1. The largest absolute Gasteiger partial charge is 0.337 e. The molecule has 1 rings (SSSR count). The SMILES string of the molecule is CCCCCCCCCC(=O)c1c(Cl)ccc(S(=O)(=O)NC(=O)NCCC)c1C. The van der Waals surface area contributed by atoms with Crippen LogP contribution in [0.5, 0.6) is 0 Å². The van der Waals surface area contributed by atoms with Crippen LogP contribution in [0.15, 0.2) is 17.0 Å². The lowest BCUT2D eigenvalue weighted by molar-refractivity contribution is 0.0978. The minimum absolute atomic E-state index is 0.114. The third kappa shape index (κ3) is 8.34. The first kappa shape index (κ1) is 25.4. The number of carbonyl (C=O) groups is 2. The van der Waals surface area contributed by atoms with E-state index in [1.165, 1.54) is 37.8 Å². The van der Waals surface area contributed by atoms with Gasteiger partial charge in [0.15, 0.2) is 5.78 Å². The molecule has 0 saturated heterocycles. The number of Topliss-reactive ketones (excluding diaryl/α,β-unsaturated/α-hetero) is 1. The van der Waals surface area contributed by atoms with Crippen molar-refractivity contribution >= 4 is 33.4 Å². The minimum Gasteiger partial charge on any atom is -0.337 e. The number of amides is 2. The highest BCUT2D eigenvalue weighted by atomic mass is 35.5. The lowest BCUT2D eigenvalue weighted by Crippen LogP contribution is -2.40. The van der Waals surface area contributed by atoms with Crippen LogP contribution in [0.4, 0.5) is 4.79 Å². The van der Waals surface area contributed by atoms with Crippen molar-refractivity contribution in [2.24, 2.45) is 0 Å². The van der Waals surface area contributed by atoms with Gasteiger partial charge in [-0.1, -0.05) is 64.0 Å². The molecule has 0 aromatic heterocycles. The van der Waals surface area contributed by atoms with Gasteiger partial charge in [-0.3, -0.25) is 4.79 Å². The molecule has 0 aliphatic carbocycles. The fourth-order valence-electron chi connectivity index (χ4n) is 3.11. The van der Waals surface area contributed by atoms with Crippen LogP contribution in [-0.2, 0) is 10.0 Å². The normalized spacial score (nSPS) is 11.3. The summed E-state index contributed by atoms with van der Waals surface area (Å²) >= 11 is 6.20. The first-order valence-electron chi connectivity index (χ1n) is 10.4. The van der Waals surface area contributed by atoms with Crippen molar-refractivity contribution in [1.82, 2.24) is 10.0 Å². The van der Waals surface area contributed by atoms with Crippen molar-refractivity contribution in [3.05, 3.63) is 28.3 Å². The van der Waals surface area contributed by atoms with E-state index in [1.807, 2.05) is 11.6 Å². The van der Waals surface area contributed by atoms with E-state index >= 15 is 0 Å². The van der Waals surface area contributed by atoms with E-state index in [0.717, 1.165) is 19.3 Å². The molecule has 1 aromatic rings. The summed E-state index contributed by atoms with van der Waals surface area (Å²) < 4.78 is 27.1. The van der Waals surface area contributed by atoms with Crippen molar-refractivity contribution < 1.29 is 18.0 Å². The van der Waals surface area contributed by atoms with E-state index in [4.69, 9.17) is 11.6 Å². The van der Waals surface area contributed by atoms with Gasteiger partial charge in [-0.2, -0.15) is 0 Å². The van der Waals surface area contributed by atoms with Crippen LogP contribution in [0.3, 0.4) is 0 Å². The molecule has 164 valence electrons. The Bertz CT molecular complexity index is 794. The average Bonchev–Trinajstić information content (AvgIpc) is 2.65. The summed E-state index contributed by atoms with van der Waals surface area (Å²) in [6.07, 6.45) is 8.62. The minimum atomic E-state index is -4.10. The summed E-state index contributed by atoms with van der Waals surface area (Å²) in [6, 6.07) is 1.92. The van der Waals surface area contributed by atoms with Crippen LogP contribution in [0, 0.1) is 6.92 Å². The van der Waals surface area contributed by atoms with Gasteiger partial charge in [0, 0.05) is 18.5 Å². The van der Waals surface area contributed by atoms with Crippen LogP contribution in [0.2, 0.25) is 5.02 Å². The van der Waals surface area contributed by atoms with Crippen LogP contribution in [0.1, 0.15) is 87.6 Å². The van der Waals surface area contributed by atoms with E-state index in [1.54, 1.807) is 6.92 Å². The van der Waals surface area contributed by atoms with Gasteiger partial charge >= 0.3 is 6.03 Å². The Hall–Kier alpha value is -1.60. The number of benzene rings is 1. The summed E-state index contributed by atoms with van der Waals surface area (Å²) in [6.45, 7) is 5.94. The van der Waals surface area contributed by atoms with E-state index in [-0.39, 0.29) is 26.8 Å². The summed E-state index contributed by atoms with van der Waals surface area (Å²) in [5, 5.41) is 2.68. The van der Waals surface area contributed by atoms with Crippen molar-refractivity contribution in [1.29, 1.82) is 0 Å². The number of rotatable bonds is 13. The number of nitrogens with one attached hydrogen (secondary N) is 2. The zero-order valence-electron chi connectivity index (χ0n) is 17.6. The molecule has 0 spiro atoms. The van der Waals surface area contributed by atoms with E-state index in [2.05, 4.69) is 12.2 Å². The van der Waals surface area contributed by atoms with Crippen molar-refractivity contribution in [2.45, 2.75) is 83.5 Å². The van der Waals surface area contributed by atoms with Crippen LogP contribution in [0.25, 0.3) is 0 Å². The highest BCUT2D eigenvalue weighted by Gasteiger charge is 2.24. The van der Waals surface area contributed by atoms with E-state index in [9.17, 15) is 18.0 Å². The maximum Gasteiger partial charge on any atom is 0.328 e. The summed E-state index contributed by atoms with van der Waals surface area (Å²) in [5.41, 5.74) is 0.482. The van der Waals surface area contributed by atoms with Crippen molar-refractivity contribution in [3.63, 3.8) is 0 Å². The predicted octanol–water partition coefficient (Wildman–Crippen LogP) is 5.37. The molecule has 0 unspecified atom stereocenters. The van der Waals surface area contributed by atoms with Gasteiger partial charge in [0.25, 0.3) is 10.0 Å². The number of urea groups is 1. The van der Waals surface area contributed by atoms with Gasteiger partial charge in [0.1, 0.15) is 0 Å². The second-order valence-electron chi connectivity index (χ2n) is 7.20. The molecule has 0 heterocycles. The number of unbranched alkanes of at least 4 members (excludes halogenated alkanes) is 6. The van der Waals surface area contributed by atoms with Crippen molar-refractivity contribution in [2.75, 3.05) is 6.54 Å². The molecule has 6 nitrogen and oxygen atoms in total. The van der Waals surface area contributed by atoms with Gasteiger partial charge in [0.2, 0.25) is 0 Å². The Morgan fingerprint density at radius 1 is 0.966 bits per heavy atom. The number of carbonyl (C=O) groups excluding carboxylic acids is 2. The number of sulfonamides is 1. The average molecular weight is 445 g/mol. The molecule has 0 radical (unpaired) electrons. The molecule has 0 atom stereocenters. The third-order valence-corrected chi connectivity index (χ3v) is 6.49. The highest BCUT2D eigenvalue weighted by Crippen LogP contribution is 2.28. The Morgan fingerprint density at radius 3 is 2.21 bits per heavy atom. The molecule has 0 aliphatic rings. The molecule has 29 heavy (non-hydrogen) atoms. The van der Waals surface area contributed by atoms with Gasteiger partial charge in [0.05, 0.1) is 9.92 Å². The number of halogens is 1. The third-order valence-electron chi connectivity index (χ3n) is 4.70. The standard InChI is InChI=1S/C21H33ClN2O4S/c1-4-6-7-8-9-10-11-12-18(25)20-16(3)19(14-13-17(20)22)29(27,28)24-21(26)23-15-5-2/h13-14H,4-12,15H2,1-3H3,(H2,23,24,26). The van der Waals surface area contributed by atoms with Crippen molar-refractivity contribution in [3.8, 4) is 0 Å². The lowest BCUT2D eigenvalue weighted by atomic mass is 9.99. The van der Waals surface area contributed by atoms with Gasteiger partial charge in [-0.05, 0) is 37.5 Å². The molecule has 0 fully saturated rings. The molecule has 2 N–H and O–H groups in total.